The Bertz CT molecular complexity index is 987. The molecule has 2 aromatic carbocycles. The quantitative estimate of drug-likeness (QED) is 0.695. The lowest BCUT2D eigenvalue weighted by atomic mass is 10.1. The Hall–Kier alpha value is -3.08. The summed E-state index contributed by atoms with van der Waals surface area (Å²) < 4.78 is 7.12. The Morgan fingerprint density at radius 3 is 2.64 bits per heavy atom. The van der Waals surface area contributed by atoms with Gasteiger partial charge in [0.25, 0.3) is 5.91 Å². The summed E-state index contributed by atoms with van der Waals surface area (Å²) >= 11 is 0. The molecule has 5 heteroatoms. The minimum Gasteiger partial charge on any atom is -0.497 e. The lowest BCUT2D eigenvalue weighted by Crippen LogP contribution is -2.34. The maximum Gasteiger partial charge on any atom is 0.255 e. The van der Waals surface area contributed by atoms with Crippen LogP contribution in [0, 0.1) is 12.8 Å². The van der Waals surface area contributed by atoms with Gasteiger partial charge in [0.2, 0.25) is 0 Å². The molecule has 1 atom stereocenters. The first-order valence-electron chi connectivity index (χ1n) is 9.67. The van der Waals surface area contributed by atoms with Crippen LogP contribution < -0.4 is 10.1 Å². The Kier molecular flexibility index (Phi) is 4.90. The molecule has 4 rings (SSSR count). The largest absolute Gasteiger partial charge is 0.497 e. The van der Waals surface area contributed by atoms with Gasteiger partial charge in [-0.25, -0.2) is 4.68 Å². The third-order valence-electron chi connectivity index (χ3n) is 5.29. The number of nitrogens with one attached hydrogen (secondary N) is 1. The molecule has 1 fully saturated rings. The maximum absolute atomic E-state index is 13.0. The highest BCUT2D eigenvalue weighted by atomic mass is 16.5. The number of hydrogen-bond acceptors (Lipinski definition) is 3. The minimum absolute atomic E-state index is 0.0874. The third kappa shape index (κ3) is 3.79. The van der Waals surface area contributed by atoms with E-state index in [1.54, 1.807) is 11.8 Å². The second-order valence-electron chi connectivity index (χ2n) is 7.50. The van der Waals surface area contributed by atoms with Crippen LogP contribution in [0.2, 0.25) is 0 Å². The Labute approximate surface area is 165 Å². The molecular weight excluding hydrogens is 350 g/mol. The number of rotatable bonds is 6. The van der Waals surface area contributed by atoms with Gasteiger partial charge in [-0.2, -0.15) is 5.10 Å². The van der Waals surface area contributed by atoms with E-state index in [0.29, 0.717) is 17.2 Å². The number of benzene rings is 2. The van der Waals surface area contributed by atoms with E-state index in [1.807, 2.05) is 61.7 Å². The van der Waals surface area contributed by atoms with Crippen molar-refractivity contribution in [2.75, 3.05) is 7.11 Å². The highest BCUT2D eigenvalue weighted by Crippen LogP contribution is 2.33. The van der Waals surface area contributed by atoms with Crippen LogP contribution in [0.3, 0.4) is 0 Å². The first-order valence-corrected chi connectivity index (χ1v) is 9.67. The molecule has 1 aromatic heterocycles. The van der Waals surface area contributed by atoms with E-state index < -0.39 is 0 Å². The number of aryl methyl sites for hydroxylation is 1. The van der Waals surface area contributed by atoms with E-state index in [4.69, 9.17) is 9.84 Å². The first kappa shape index (κ1) is 18.3. The third-order valence-corrected chi connectivity index (χ3v) is 5.29. The molecule has 3 aromatic rings. The van der Waals surface area contributed by atoms with Crippen LogP contribution in [-0.2, 0) is 0 Å². The van der Waals surface area contributed by atoms with Crippen molar-refractivity contribution in [3.05, 3.63) is 65.9 Å². The van der Waals surface area contributed by atoms with Crippen molar-refractivity contribution < 1.29 is 9.53 Å². The zero-order valence-corrected chi connectivity index (χ0v) is 16.5. The second kappa shape index (κ2) is 7.50. The van der Waals surface area contributed by atoms with Gasteiger partial charge in [-0.05, 0) is 56.9 Å². The van der Waals surface area contributed by atoms with Crippen molar-refractivity contribution >= 4 is 5.91 Å². The van der Waals surface area contributed by atoms with Crippen LogP contribution in [0.15, 0.2) is 54.7 Å². The van der Waals surface area contributed by atoms with E-state index in [-0.39, 0.29) is 11.9 Å². The van der Waals surface area contributed by atoms with E-state index in [1.165, 1.54) is 18.4 Å². The molecule has 144 valence electrons. The van der Waals surface area contributed by atoms with Gasteiger partial charge in [-0.3, -0.25) is 4.79 Å². The van der Waals surface area contributed by atoms with Gasteiger partial charge in [0.15, 0.2) is 0 Å². The number of ether oxygens (including phenoxy) is 1. The first-order chi connectivity index (χ1) is 13.5. The van der Waals surface area contributed by atoms with Crippen molar-refractivity contribution in [1.29, 1.82) is 0 Å². The molecule has 0 bridgehead atoms. The van der Waals surface area contributed by atoms with Gasteiger partial charge in [0, 0.05) is 17.8 Å². The summed E-state index contributed by atoms with van der Waals surface area (Å²) in [5.41, 5.74) is 4.18. The van der Waals surface area contributed by atoms with E-state index in [9.17, 15) is 4.79 Å². The zero-order valence-electron chi connectivity index (χ0n) is 16.5. The average Bonchev–Trinajstić information content (AvgIpc) is 3.47. The van der Waals surface area contributed by atoms with Gasteiger partial charge < -0.3 is 10.1 Å². The maximum atomic E-state index is 13.0. The fraction of sp³-hybridized carbons (Fsp3) is 0.304. The van der Waals surface area contributed by atoms with Gasteiger partial charge in [-0.1, -0.05) is 29.8 Å². The van der Waals surface area contributed by atoms with Gasteiger partial charge in [0.1, 0.15) is 11.4 Å². The summed E-state index contributed by atoms with van der Waals surface area (Å²) in [6, 6.07) is 15.9. The molecule has 5 nitrogen and oxygen atoms in total. The Morgan fingerprint density at radius 1 is 1.21 bits per heavy atom. The van der Waals surface area contributed by atoms with Crippen LogP contribution in [0.4, 0.5) is 0 Å². The molecule has 1 aliphatic rings. The number of methoxy groups -OCH3 is 1. The lowest BCUT2D eigenvalue weighted by molar-refractivity contribution is 0.0936. The van der Waals surface area contributed by atoms with Crippen molar-refractivity contribution in [3.63, 3.8) is 0 Å². The van der Waals surface area contributed by atoms with Gasteiger partial charge in [0.05, 0.1) is 18.4 Å². The van der Waals surface area contributed by atoms with Crippen LogP contribution >= 0.6 is 0 Å². The molecule has 1 amide bonds. The van der Waals surface area contributed by atoms with Gasteiger partial charge in [-0.15, -0.1) is 0 Å². The number of hydrogen-bond donors (Lipinski definition) is 1. The fourth-order valence-corrected chi connectivity index (χ4v) is 3.35. The predicted molar refractivity (Wildman–Crippen MR) is 110 cm³/mol. The average molecular weight is 375 g/mol. The standard InChI is InChI=1S/C23H25N3O2/c1-15-7-11-19(12-8-15)26-14-21(23(27)24-16(2)17-9-10-17)22(25-26)18-5-4-6-20(13-18)28-3/h4-8,11-14,16-17H,9-10H2,1-3H3,(H,24,27)/t16-/m0/s1. The van der Waals surface area contributed by atoms with Crippen molar-refractivity contribution in [2.45, 2.75) is 32.7 Å². The summed E-state index contributed by atoms with van der Waals surface area (Å²) in [6.45, 7) is 4.12. The van der Waals surface area contributed by atoms with Crippen molar-refractivity contribution in [1.82, 2.24) is 15.1 Å². The minimum atomic E-state index is -0.0874. The number of aromatic nitrogens is 2. The van der Waals surface area contributed by atoms with E-state index >= 15 is 0 Å². The molecule has 0 saturated heterocycles. The van der Waals surface area contributed by atoms with Crippen molar-refractivity contribution in [3.8, 4) is 22.7 Å². The highest BCUT2D eigenvalue weighted by molar-refractivity contribution is 6.00. The lowest BCUT2D eigenvalue weighted by Gasteiger charge is -2.12. The number of amides is 1. The monoisotopic (exact) mass is 375 g/mol. The smallest absolute Gasteiger partial charge is 0.255 e. The molecule has 1 aliphatic carbocycles. The van der Waals surface area contributed by atoms with Crippen LogP contribution in [0.5, 0.6) is 5.75 Å². The highest BCUT2D eigenvalue weighted by Gasteiger charge is 2.30. The van der Waals surface area contributed by atoms with E-state index in [0.717, 1.165) is 17.0 Å². The van der Waals surface area contributed by atoms with E-state index in [2.05, 4.69) is 12.2 Å². The molecule has 0 aliphatic heterocycles. The van der Waals surface area contributed by atoms with Gasteiger partial charge >= 0.3 is 0 Å². The normalized spacial score (nSPS) is 14.5. The molecular formula is C23H25N3O2. The second-order valence-corrected chi connectivity index (χ2v) is 7.50. The number of nitrogens with zero attached hydrogens (tertiary/aromatic N) is 2. The molecule has 28 heavy (non-hydrogen) atoms. The molecule has 1 N–H and O–H groups in total. The Balaban J connectivity index is 1.75. The summed E-state index contributed by atoms with van der Waals surface area (Å²) in [6.07, 6.45) is 4.19. The summed E-state index contributed by atoms with van der Waals surface area (Å²) in [4.78, 5) is 13.0. The zero-order chi connectivity index (χ0) is 19.7. The number of carbonyl (C=O) groups excluding carboxylic acids is 1. The van der Waals surface area contributed by atoms with Crippen LogP contribution in [-0.4, -0.2) is 28.8 Å². The molecule has 0 radical (unpaired) electrons. The number of carbonyl (C=O) groups is 1. The fourth-order valence-electron chi connectivity index (χ4n) is 3.35. The topological polar surface area (TPSA) is 56.2 Å². The predicted octanol–water partition coefficient (Wildman–Crippen LogP) is 4.38. The van der Waals surface area contributed by atoms with Crippen molar-refractivity contribution in [2.24, 2.45) is 5.92 Å². The summed E-state index contributed by atoms with van der Waals surface area (Å²) in [5, 5.41) is 7.89. The molecule has 1 heterocycles. The van der Waals surface area contributed by atoms with Crippen LogP contribution in [0.25, 0.3) is 16.9 Å². The summed E-state index contributed by atoms with van der Waals surface area (Å²) in [5.74, 6) is 1.24. The Morgan fingerprint density at radius 2 is 1.96 bits per heavy atom. The molecule has 1 saturated carbocycles. The van der Waals surface area contributed by atoms with Crippen LogP contribution in [0.1, 0.15) is 35.7 Å². The SMILES string of the molecule is COc1cccc(-c2nn(-c3ccc(C)cc3)cc2C(=O)N[C@@H](C)C2CC2)c1. The molecule has 0 unspecified atom stereocenters. The summed E-state index contributed by atoms with van der Waals surface area (Å²) in [7, 11) is 1.63. The molecule has 0 spiro atoms.